The average Bonchev–Trinajstić information content (AvgIpc) is 4.06. The molecule has 0 aliphatic heterocycles. The van der Waals surface area contributed by atoms with Gasteiger partial charge >= 0.3 is 17.8 Å². The van der Waals surface area contributed by atoms with E-state index in [4.69, 9.17) is 32.8 Å². The number of carboxylic acids is 1. The summed E-state index contributed by atoms with van der Waals surface area (Å²) >= 11 is 0. The molecule has 70 heavy (non-hydrogen) atoms. The SMILES string of the molecule is CCO/C(=C/CC[C@H](C)[C@@H](O[Si](C(C)C)(C(C)C)C(C)C)/C(C)=C\CC(c1cc(OC)cc([N+](=O)[O-])c1OC(=O)OC(C)(C)C)S(=O)(=O)c1ccccc1)C(N=[N+]=NC1CC1C(=O)[O-])(OCC)OCC. The highest BCUT2D eigenvalue weighted by Gasteiger charge is 2.49. The third kappa shape index (κ3) is 15.3. The molecular weight excluding hydrogens is 941 g/mol. The van der Waals surface area contributed by atoms with Crippen LogP contribution in [-0.2, 0) is 38.0 Å². The molecule has 0 bridgehead atoms. The van der Waals surface area contributed by atoms with Crippen molar-refractivity contribution < 1.29 is 60.9 Å². The van der Waals surface area contributed by atoms with E-state index in [1.807, 2.05) is 19.9 Å². The smallest absolute Gasteiger partial charge is 0.514 e. The Bertz CT molecular complexity index is 2300. The number of nitrogens with zero attached hydrogens (tertiary/aromatic N) is 4. The molecule has 3 rings (SSSR count). The summed E-state index contributed by atoms with van der Waals surface area (Å²) < 4.78 is 72.2. The molecule has 0 heterocycles. The Morgan fingerprint density at radius 1 is 0.943 bits per heavy atom. The fourth-order valence-corrected chi connectivity index (χ4v) is 16.3. The second-order valence-corrected chi connectivity index (χ2v) is 26.8. The summed E-state index contributed by atoms with van der Waals surface area (Å²) in [5, 5.41) is 30.8. The van der Waals surface area contributed by atoms with E-state index < -0.39 is 81.5 Å². The number of carbonyl (C=O) groups excluding carboxylic acids is 2. The minimum Gasteiger partial charge on any atom is -0.550 e. The first-order valence-electron chi connectivity index (χ1n) is 24.1. The molecule has 0 N–H and O–H groups in total. The van der Waals surface area contributed by atoms with Gasteiger partial charge < -0.3 is 42.7 Å². The lowest BCUT2D eigenvalue weighted by Crippen LogP contribution is -2.51. The van der Waals surface area contributed by atoms with Crippen LogP contribution in [0.4, 0.5) is 10.5 Å². The number of sulfone groups is 1. The van der Waals surface area contributed by atoms with Crippen LogP contribution in [0.3, 0.4) is 0 Å². The van der Waals surface area contributed by atoms with E-state index in [0.29, 0.717) is 19.3 Å². The molecule has 390 valence electrons. The van der Waals surface area contributed by atoms with Crippen LogP contribution in [0.25, 0.3) is 0 Å². The van der Waals surface area contributed by atoms with Gasteiger partial charge in [-0.2, -0.15) is 0 Å². The Hall–Kier alpha value is -4.98. The monoisotopic (exact) mass is 1020 g/mol. The third-order valence-corrected chi connectivity index (χ3v) is 20.4. The number of nitro benzene ring substituents is 1. The number of carboxylic acid groups (broad SMARTS) is 1. The maximum absolute atomic E-state index is 14.9. The van der Waals surface area contributed by atoms with Crippen molar-refractivity contribution in [3.05, 3.63) is 81.6 Å². The Kier molecular flexibility index (Phi) is 22.0. The van der Waals surface area contributed by atoms with E-state index >= 15 is 0 Å². The fraction of sp³-hybridized carbons (Fsp3) is 0.640. The molecule has 0 spiro atoms. The molecule has 0 radical (unpaired) electrons. The minimum atomic E-state index is -4.38. The number of rotatable bonds is 28. The molecule has 2 aromatic carbocycles. The first-order chi connectivity index (χ1) is 32.8. The van der Waals surface area contributed by atoms with E-state index in [1.165, 1.54) is 25.3 Å². The molecule has 0 saturated heterocycles. The summed E-state index contributed by atoms with van der Waals surface area (Å²) in [6.45, 7) is 27.7. The Labute approximate surface area is 415 Å². The molecular formula is C50H76N4O14SSi. The average molecular weight is 1020 g/mol. The second-order valence-electron chi connectivity index (χ2n) is 19.3. The standard InChI is InChI=1S/C50H76N4O14SSi/c1-16-63-44(50(64-17-2,65-18-3)52-53-51-41-31-39(41)47(55)56)26-22-23-35(10)45(68-70(32(4)5,33(6)7)34(8)9)36(11)27-28-43(69(60,61)38-24-20-19-21-25-38)40-29-37(62-15)30-42(54(58)59)46(40)66-48(57)67-49(12,13)14/h19-21,24-27,29-30,32-35,39,41,43,45H,16-18,22-23,28,31H2,1-15H3/b36-27-,44-26+/t35-,39?,41?,43?,45+/m0/s1. The molecule has 0 aromatic heterocycles. The van der Waals surface area contributed by atoms with E-state index in [0.717, 1.165) is 11.6 Å². The van der Waals surface area contributed by atoms with Crippen LogP contribution in [0.15, 0.2) is 81.1 Å². The van der Waals surface area contributed by atoms with Crippen LogP contribution in [0.5, 0.6) is 11.5 Å². The maximum atomic E-state index is 14.9. The van der Waals surface area contributed by atoms with Gasteiger partial charge in [0.2, 0.25) is 19.0 Å². The van der Waals surface area contributed by atoms with Crippen molar-refractivity contribution in [1.82, 2.24) is 4.91 Å². The van der Waals surface area contributed by atoms with E-state index in [-0.39, 0.29) is 70.8 Å². The number of allylic oxidation sites excluding steroid dienone is 2. The summed E-state index contributed by atoms with van der Waals surface area (Å²) in [7, 11) is -5.73. The fourth-order valence-electron chi connectivity index (χ4n) is 8.92. The van der Waals surface area contributed by atoms with Gasteiger partial charge in [0.25, 0.3) is 0 Å². The Morgan fingerprint density at radius 2 is 1.54 bits per heavy atom. The van der Waals surface area contributed by atoms with Crippen LogP contribution < -0.4 is 19.5 Å². The van der Waals surface area contributed by atoms with Gasteiger partial charge in [-0.15, -0.1) is 0 Å². The van der Waals surface area contributed by atoms with Crippen LogP contribution in [0.2, 0.25) is 16.6 Å². The summed E-state index contributed by atoms with van der Waals surface area (Å²) in [6.07, 6.45) is 2.83. The highest BCUT2D eigenvalue weighted by Crippen LogP contribution is 2.47. The number of nitro groups is 1. The molecule has 18 nitrogen and oxygen atoms in total. The van der Waals surface area contributed by atoms with Crippen molar-refractivity contribution >= 4 is 36.0 Å². The largest absolute Gasteiger partial charge is 0.550 e. The lowest BCUT2D eigenvalue weighted by molar-refractivity contribution is -0.385. The number of hydrogen-bond acceptors (Lipinski definition) is 16. The van der Waals surface area contributed by atoms with Gasteiger partial charge in [0.05, 0.1) is 41.0 Å². The van der Waals surface area contributed by atoms with Crippen molar-refractivity contribution in [3.8, 4) is 11.5 Å². The topological polar surface area (TPSA) is 238 Å². The van der Waals surface area contributed by atoms with Gasteiger partial charge in [-0.1, -0.05) is 72.7 Å². The van der Waals surface area contributed by atoms with Gasteiger partial charge in [-0.05, 0) is 127 Å². The number of benzene rings is 2. The van der Waals surface area contributed by atoms with Gasteiger partial charge in [0.1, 0.15) is 22.5 Å². The molecule has 1 aliphatic rings. The highest BCUT2D eigenvalue weighted by atomic mass is 32.2. The molecule has 0 amide bonds. The Morgan fingerprint density at radius 3 is 2.03 bits per heavy atom. The van der Waals surface area contributed by atoms with Gasteiger partial charge in [-0.3, -0.25) is 10.1 Å². The van der Waals surface area contributed by atoms with Crippen LogP contribution >= 0.6 is 0 Å². The maximum Gasteiger partial charge on any atom is 0.514 e. The molecule has 1 fully saturated rings. The molecule has 5 atom stereocenters. The zero-order valence-electron chi connectivity index (χ0n) is 43.7. The van der Waals surface area contributed by atoms with Gasteiger partial charge in [0, 0.05) is 30.7 Å². The van der Waals surface area contributed by atoms with Crippen molar-refractivity contribution in [2.45, 2.75) is 173 Å². The zero-order valence-corrected chi connectivity index (χ0v) is 45.5. The molecule has 1 saturated carbocycles. The van der Waals surface area contributed by atoms with Crippen LogP contribution in [0, 0.1) is 22.0 Å². The number of methoxy groups -OCH3 is 1. The normalized spacial score (nSPS) is 17.1. The van der Waals surface area contributed by atoms with Gasteiger partial charge in [-0.25, -0.2) is 13.2 Å². The zero-order chi connectivity index (χ0) is 52.8. The first kappa shape index (κ1) is 59.3. The van der Waals surface area contributed by atoms with Crippen molar-refractivity contribution in [3.63, 3.8) is 0 Å². The number of hydrogen-bond donors (Lipinski definition) is 0. The number of carbonyl (C=O) groups is 2. The highest BCUT2D eigenvalue weighted by molar-refractivity contribution is 7.91. The molecule has 2 aromatic rings. The molecule has 3 unspecified atom stereocenters. The van der Waals surface area contributed by atoms with E-state index in [9.17, 15) is 33.2 Å². The van der Waals surface area contributed by atoms with E-state index in [1.54, 1.807) is 58.9 Å². The summed E-state index contributed by atoms with van der Waals surface area (Å²) in [5.41, 5.74) is -0.631. The predicted molar refractivity (Wildman–Crippen MR) is 265 cm³/mol. The van der Waals surface area contributed by atoms with E-state index in [2.05, 4.69) is 63.6 Å². The van der Waals surface area contributed by atoms with Crippen LogP contribution in [-0.4, -0.2) is 84.4 Å². The second kappa shape index (κ2) is 25.9. The summed E-state index contributed by atoms with van der Waals surface area (Å²) in [6, 6.07) is 9.55. The first-order valence-corrected chi connectivity index (χ1v) is 27.8. The predicted octanol–water partition coefficient (Wildman–Crippen LogP) is 10.5. The lowest BCUT2D eigenvalue weighted by Gasteiger charge is -2.46. The van der Waals surface area contributed by atoms with Gasteiger partial charge in [0.15, 0.2) is 20.7 Å². The summed E-state index contributed by atoms with van der Waals surface area (Å²) in [5.74, 6) is -4.31. The number of aliphatic carboxylic acids is 1. The quantitative estimate of drug-likeness (QED) is 0.00736. The third-order valence-electron chi connectivity index (χ3n) is 12.2. The summed E-state index contributed by atoms with van der Waals surface area (Å²) in [4.78, 5) is 40.4. The molecule has 1 aliphatic carbocycles. The lowest BCUT2D eigenvalue weighted by atomic mass is 9.92. The Balaban J connectivity index is 2.28. The van der Waals surface area contributed by atoms with Crippen molar-refractivity contribution in [2.75, 3.05) is 26.9 Å². The van der Waals surface area contributed by atoms with Crippen LogP contribution in [0.1, 0.15) is 133 Å². The number of ether oxygens (including phenoxy) is 6. The minimum absolute atomic E-state index is 0.0241. The van der Waals surface area contributed by atoms with Crippen molar-refractivity contribution in [2.24, 2.45) is 22.1 Å². The molecule has 20 heteroatoms. The van der Waals surface area contributed by atoms with Crippen molar-refractivity contribution in [1.29, 1.82) is 0 Å².